The SMILES string of the molecule is COP(=O)(OC)O[C@@H](CNC(=O)[C@@H](NC(=O)O)C(C)(C)C(F)(F)F)CN(Cc1c(F)cc(-c2ccn(C(F)F)n2)cc1F)NC(=O)[C@@H](NC(=O)OCCc1ccc(I)cc1)C(C)(C)C(F)(F)F. The van der Waals surface area contributed by atoms with Gasteiger partial charge in [0.05, 0.1) is 23.1 Å². The monoisotopic (exact) mass is 1110 g/mol. The number of nitrogens with one attached hydrogen (secondary N) is 4. The number of carbonyl (C=O) groups excluding carboxylic acids is 3. The Bertz CT molecular complexity index is 2220. The van der Waals surface area contributed by atoms with Crippen LogP contribution in [0.1, 0.15) is 45.4 Å². The average molecular weight is 1110 g/mol. The number of hydrogen-bond donors (Lipinski definition) is 5. The predicted octanol–water partition coefficient (Wildman–Crippen LogP) is 7.71. The van der Waals surface area contributed by atoms with E-state index in [9.17, 15) is 64.0 Å². The molecule has 0 radical (unpaired) electrons. The smallest absolute Gasteiger partial charge is 0.465 e. The van der Waals surface area contributed by atoms with E-state index < -0.39 is 117 Å². The van der Waals surface area contributed by atoms with Gasteiger partial charge in [-0.05, 0) is 86.2 Å². The molecule has 0 saturated carbocycles. The Morgan fingerprint density at radius 3 is 1.88 bits per heavy atom. The van der Waals surface area contributed by atoms with Crippen LogP contribution in [0.5, 0.6) is 0 Å². The van der Waals surface area contributed by atoms with Crippen LogP contribution in [-0.2, 0) is 45.4 Å². The topological polar surface area (TPSA) is 212 Å². The highest BCUT2D eigenvalue weighted by molar-refractivity contribution is 14.1. The largest absolute Gasteiger partial charge is 0.474 e. The van der Waals surface area contributed by atoms with Gasteiger partial charge in [-0.25, -0.2) is 32.6 Å². The minimum absolute atomic E-state index is 0.0905. The van der Waals surface area contributed by atoms with Crippen molar-refractivity contribution in [2.24, 2.45) is 10.8 Å². The molecule has 0 aliphatic rings. The number of alkyl carbamates (subject to hydrolysis) is 1. The van der Waals surface area contributed by atoms with Crippen molar-refractivity contribution < 1.29 is 91.1 Å². The molecule has 0 unspecified atom stereocenters. The molecule has 0 spiro atoms. The third-order valence-electron chi connectivity index (χ3n) is 10.0. The van der Waals surface area contributed by atoms with E-state index in [-0.39, 0.29) is 29.0 Å². The van der Waals surface area contributed by atoms with E-state index in [4.69, 9.17) is 18.3 Å². The van der Waals surface area contributed by atoms with Crippen LogP contribution < -0.4 is 21.4 Å². The van der Waals surface area contributed by atoms with Crippen molar-refractivity contribution in [1.82, 2.24) is 36.2 Å². The summed E-state index contributed by atoms with van der Waals surface area (Å²) in [5.74, 6) is -6.35. The second-order valence-electron chi connectivity index (χ2n) is 15.4. The van der Waals surface area contributed by atoms with Crippen molar-refractivity contribution in [2.45, 2.75) is 77.8 Å². The van der Waals surface area contributed by atoms with Crippen molar-refractivity contribution in [3.63, 3.8) is 0 Å². The van der Waals surface area contributed by atoms with Crippen LogP contribution in [0.2, 0.25) is 0 Å². The maximum Gasteiger partial charge on any atom is 0.474 e. The lowest BCUT2D eigenvalue weighted by Crippen LogP contribution is -2.62. The van der Waals surface area contributed by atoms with Crippen LogP contribution in [0, 0.1) is 26.0 Å². The van der Waals surface area contributed by atoms with E-state index in [2.05, 4.69) is 5.10 Å². The Morgan fingerprint density at radius 2 is 1.40 bits per heavy atom. The molecule has 0 aliphatic carbocycles. The molecular formula is C38H45F10IN7O10P. The van der Waals surface area contributed by atoms with E-state index in [0.717, 1.165) is 30.1 Å². The van der Waals surface area contributed by atoms with Gasteiger partial charge in [0.2, 0.25) is 5.91 Å². The lowest BCUT2D eigenvalue weighted by atomic mass is 9.83. The number of alkyl halides is 8. The van der Waals surface area contributed by atoms with Gasteiger partial charge < -0.3 is 25.8 Å². The normalized spacial score (nSPS) is 14.1. The summed E-state index contributed by atoms with van der Waals surface area (Å²) in [6.07, 6.45) is -15.2. The van der Waals surface area contributed by atoms with Gasteiger partial charge in [-0.2, -0.15) is 40.2 Å². The molecule has 3 atom stereocenters. The number of carbonyl (C=O) groups is 4. The van der Waals surface area contributed by atoms with Crippen LogP contribution in [0.3, 0.4) is 0 Å². The van der Waals surface area contributed by atoms with Crippen LogP contribution in [0.25, 0.3) is 11.3 Å². The Morgan fingerprint density at radius 1 is 0.866 bits per heavy atom. The maximum atomic E-state index is 15.9. The van der Waals surface area contributed by atoms with Gasteiger partial charge in [-0.3, -0.25) is 28.6 Å². The molecule has 3 rings (SSSR count). The molecule has 0 fully saturated rings. The van der Waals surface area contributed by atoms with Crippen LogP contribution in [0.15, 0.2) is 48.7 Å². The number of hydrazine groups is 1. The van der Waals surface area contributed by atoms with E-state index in [0.29, 0.717) is 50.4 Å². The summed E-state index contributed by atoms with van der Waals surface area (Å²) in [4.78, 5) is 51.7. The molecule has 0 aliphatic heterocycles. The van der Waals surface area contributed by atoms with Crippen LogP contribution in [-0.4, -0.2) is 108 Å². The number of hydrogen-bond acceptors (Lipinski definition) is 11. The summed E-state index contributed by atoms with van der Waals surface area (Å²) in [6, 6.07) is 3.87. The highest BCUT2D eigenvalue weighted by Crippen LogP contribution is 2.49. The fourth-order valence-electron chi connectivity index (χ4n) is 5.77. The predicted molar refractivity (Wildman–Crippen MR) is 223 cm³/mol. The Kier molecular flexibility index (Phi) is 19.4. The maximum absolute atomic E-state index is 15.9. The third-order valence-corrected chi connectivity index (χ3v) is 12.2. The number of aromatic nitrogens is 2. The fourth-order valence-corrected chi connectivity index (χ4v) is 6.96. The number of nitrogens with zero attached hydrogens (tertiary/aromatic N) is 3. The molecule has 0 bridgehead atoms. The van der Waals surface area contributed by atoms with Gasteiger partial charge in [0, 0.05) is 61.2 Å². The molecule has 67 heavy (non-hydrogen) atoms. The van der Waals surface area contributed by atoms with Gasteiger partial charge >= 0.3 is 38.9 Å². The fraction of sp³-hybridized carbons (Fsp3) is 0.500. The summed E-state index contributed by atoms with van der Waals surface area (Å²) in [5.41, 5.74) is -5.35. The lowest BCUT2D eigenvalue weighted by molar-refractivity contribution is -0.221. The number of carboxylic acid groups (broad SMARTS) is 1. The number of benzene rings is 2. The van der Waals surface area contributed by atoms with E-state index in [1.165, 1.54) is 5.32 Å². The molecule has 29 heteroatoms. The first-order chi connectivity index (χ1) is 30.8. The highest BCUT2D eigenvalue weighted by Gasteiger charge is 2.57. The van der Waals surface area contributed by atoms with Crippen molar-refractivity contribution >= 4 is 54.4 Å². The second-order valence-corrected chi connectivity index (χ2v) is 18.5. The second kappa shape index (κ2) is 23.0. The number of phosphoric ester groups is 1. The molecule has 1 aromatic heterocycles. The Balaban J connectivity index is 2.11. The van der Waals surface area contributed by atoms with Gasteiger partial charge in [0.1, 0.15) is 29.8 Å². The number of halogens is 11. The van der Waals surface area contributed by atoms with Crippen molar-refractivity contribution in [3.05, 3.63) is 75.0 Å². The summed E-state index contributed by atoms with van der Waals surface area (Å²) in [5, 5.41) is 18.5. The summed E-state index contributed by atoms with van der Waals surface area (Å²) < 4.78 is 178. The van der Waals surface area contributed by atoms with Gasteiger partial charge in [-0.15, -0.1) is 0 Å². The Labute approximate surface area is 389 Å². The van der Waals surface area contributed by atoms with Crippen molar-refractivity contribution in [2.75, 3.05) is 33.9 Å². The first kappa shape index (κ1) is 56.6. The van der Waals surface area contributed by atoms with Crippen LogP contribution in [0.4, 0.5) is 53.5 Å². The lowest BCUT2D eigenvalue weighted by Gasteiger charge is -2.37. The number of phosphoric acid groups is 1. The van der Waals surface area contributed by atoms with E-state index in [1.54, 1.807) is 24.3 Å². The first-order valence-electron chi connectivity index (χ1n) is 19.2. The number of ether oxygens (including phenoxy) is 1. The quantitative estimate of drug-likeness (QED) is 0.0284. The zero-order valence-electron chi connectivity index (χ0n) is 36.0. The summed E-state index contributed by atoms with van der Waals surface area (Å²) in [7, 11) is -3.21. The molecule has 3 aromatic rings. The van der Waals surface area contributed by atoms with E-state index >= 15 is 8.78 Å². The van der Waals surface area contributed by atoms with Gasteiger partial charge in [-0.1, -0.05) is 12.1 Å². The minimum atomic E-state index is -5.27. The van der Waals surface area contributed by atoms with Crippen molar-refractivity contribution in [3.8, 4) is 11.3 Å². The molecule has 0 saturated heterocycles. The molecule has 4 amide bonds. The molecule has 374 valence electrons. The Hall–Kier alpha value is -4.77. The number of amides is 4. The zero-order chi connectivity index (χ0) is 50.9. The zero-order valence-corrected chi connectivity index (χ0v) is 39.1. The van der Waals surface area contributed by atoms with Gasteiger partial charge in [0.15, 0.2) is 0 Å². The third kappa shape index (κ3) is 15.4. The molecule has 2 aromatic carbocycles. The molecule has 1 heterocycles. The first-order valence-corrected chi connectivity index (χ1v) is 21.7. The van der Waals surface area contributed by atoms with E-state index in [1.807, 2.05) is 38.7 Å². The van der Waals surface area contributed by atoms with Gasteiger partial charge in [0.25, 0.3) is 5.91 Å². The number of rotatable bonds is 22. The van der Waals surface area contributed by atoms with Crippen molar-refractivity contribution in [1.29, 1.82) is 0 Å². The van der Waals surface area contributed by atoms with Crippen LogP contribution >= 0.6 is 30.4 Å². The summed E-state index contributed by atoms with van der Waals surface area (Å²) >= 11 is 2.04. The standard InChI is InChI=1S/C38H45F10IN7O10P/c1-35(2,37(43,44)45)28(51-33(59)60)30(57)50-17-23(66-67(62,63-5)64-6)18-55(19-24-25(39)15-21(16-26(24)40)27-11-13-56(53-27)32(41)42)54-31(58)29(36(3,4)38(46,47)48)52-34(61)65-14-12-20-7-9-22(49)10-8-20/h7-11,13,15-16,23,28-29,32,51H,12,14,17-19H2,1-6H3,(H,50,57)(H,52,61)(H,54,58)(H,59,60)/t23-,28+,29+/m0/s1. The molecule has 17 nitrogen and oxygen atoms in total. The molecular weight excluding hydrogens is 1060 g/mol. The average Bonchev–Trinajstić information content (AvgIpc) is 3.73. The summed E-state index contributed by atoms with van der Waals surface area (Å²) in [6.45, 7) is -5.02. The minimum Gasteiger partial charge on any atom is -0.465 e. The highest BCUT2D eigenvalue weighted by atomic mass is 127. The molecule has 5 N–H and O–H groups in total.